The van der Waals surface area contributed by atoms with E-state index in [0.29, 0.717) is 16.4 Å². The van der Waals surface area contributed by atoms with E-state index in [0.717, 1.165) is 26.7 Å². The van der Waals surface area contributed by atoms with Crippen molar-refractivity contribution in [3.8, 4) is 5.69 Å². The van der Waals surface area contributed by atoms with E-state index in [1.165, 1.54) is 0 Å². The summed E-state index contributed by atoms with van der Waals surface area (Å²) in [6, 6.07) is 9.15. The van der Waals surface area contributed by atoms with Gasteiger partial charge in [-0.2, -0.15) is 5.10 Å². The average molecular weight is 400 g/mol. The van der Waals surface area contributed by atoms with Crippen LogP contribution in [0.3, 0.4) is 0 Å². The lowest BCUT2D eigenvalue weighted by Gasteiger charge is -2.23. The molecule has 0 radical (unpaired) electrons. The predicted octanol–water partition coefficient (Wildman–Crippen LogP) is 4.82. The summed E-state index contributed by atoms with van der Waals surface area (Å²) >= 11 is 7.71. The molecule has 1 aliphatic heterocycles. The number of carbonyl (C=O) groups is 2. The average Bonchev–Trinajstić information content (AvgIpc) is 3.12. The predicted molar refractivity (Wildman–Crippen MR) is 107 cm³/mol. The SMILES string of the molecule is Cc1cc(C(=O)C2CC(=O)Nc3c2c(C)nn3-c2cccc(Cl)c2)c(C)s1. The maximum Gasteiger partial charge on any atom is 0.226 e. The van der Waals surface area contributed by atoms with Gasteiger partial charge in [-0.15, -0.1) is 11.3 Å². The van der Waals surface area contributed by atoms with Crippen molar-refractivity contribution in [1.29, 1.82) is 0 Å². The van der Waals surface area contributed by atoms with Gasteiger partial charge in [0.25, 0.3) is 0 Å². The Balaban J connectivity index is 1.84. The lowest BCUT2D eigenvalue weighted by molar-refractivity contribution is -0.116. The molecule has 1 atom stereocenters. The molecule has 0 saturated heterocycles. The number of ketones is 1. The van der Waals surface area contributed by atoms with Crippen LogP contribution in [0.5, 0.6) is 0 Å². The van der Waals surface area contributed by atoms with E-state index >= 15 is 0 Å². The number of nitrogens with one attached hydrogen (secondary N) is 1. The van der Waals surface area contributed by atoms with Crippen molar-refractivity contribution in [2.24, 2.45) is 0 Å². The van der Waals surface area contributed by atoms with E-state index in [9.17, 15) is 9.59 Å². The first kappa shape index (κ1) is 17.9. The Hall–Kier alpha value is -2.44. The summed E-state index contributed by atoms with van der Waals surface area (Å²) in [5.41, 5.74) is 2.94. The molecule has 0 bridgehead atoms. The molecule has 4 rings (SSSR count). The molecule has 5 nitrogen and oxygen atoms in total. The second-order valence-corrected chi connectivity index (χ2v) is 8.63. The number of hydrogen-bond donors (Lipinski definition) is 1. The lowest BCUT2D eigenvalue weighted by atomic mass is 9.85. The molecule has 1 aromatic carbocycles. The largest absolute Gasteiger partial charge is 0.310 e. The van der Waals surface area contributed by atoms with E-state index in [4.69, 9.17) is 11.6 Å². The standard InChI is InChI=1S/C20H18ClN3O2S/c1-10-7-15(12(3)27-10)19(26)16-9-17(25)22-20-18(16)11(2)23-24(20)14-6-4-5-13(21)8-14/h4-8,16H,9H2,1-3H3,(H,22,25). The first-order chi connectivity index (χ1) is 12.8. The van der Waals surface area contributed by atoms with Crippen molar-refractivity contribution < 1.29 is 9.59 Å². The first-order valence-electron chi connectivity index (χ1n) is 8.61. The van der Waals surface area contributed by atoms with Gasteiger partial charge in [-0.3, -0.25) is 9.59 Å². The van der Waals surface area contributed by atoms with E-state index in [-0.39, 0.29) is 18.1 Å². The van der Waals surface area contributed by atoms with Gasteiger partial charge in [0.2, 0.25) is 5.91 Å². The number of thiophene rings is 1. The summed E-state index contributed by atoms with van der Waals surface area (Å²) in [6.07, 6.45) is 0.127. The minimum absolute atomic E-state index is 0.0262. The van der Waals surface area contributed by atoms with Crippen molar-refractivity contribution in [3.63, 3.8) is 0 Å². The number of benzene rings is 1. The highest BCUT2D eigenvalue weighted by Crippen LogP contribution is 2.39. The van der Waals surface area contributed by atoms with Crippen LogP contribution >= 0.6 is 22.9 Å². The highest BCUT2D eigenvalue weighted by molar-refractivity contribution is 7.12. The molecule has 1 N–H and O–H groups in total. The van der Waals surface area contributed by atoms with Crippen LogP contribution < -0.4 is 5.32 Å². The molecule has 7 heteroatoms. The highest BCUT2D eigenvalue weighted by Gasteiger charge is 2.37. The number of rotatable bonds is 3. The van der Waals surface area contributed by atoms with Crippen LogP contribution in [0.15, 0.2) is 30.3 Å². The zero-order valence-corrected chi connectivity index (χ0v) is 16.7. The number of amides is 1. The molecular weight excluding hydrogens is 382 g/mol. The van der Waals surface area contributed by atoms with E-state index in [1.807, 2.05) is 39.0 Å². The maximum absolute atomic E-state index is 13.3. The summed E-state index contributed by atoms with van der Waals surface area (Å²) in [4.78, 5) is 27.7. The fraction of sp³-hybridized carbons (Fsp3) is 0.250. The van der Waals surface area contributed by atoms with Gasteiger partial charge in [-0.05, 0) is 45.0 Å². The van der Waals surface area contributed by atoms with Crippen LogP contribution in [0.4, 0.5) is 5.82 Å². The van der Waals surface area contributed by atoms with Crippen molar-refractivity contribution >= 4 is 40.4 Å². The smallest absolute Gasteiger partial charge is 0.226 e. The molecule has 2 aromatic heterocycles. The Morgan fingerprint density at radius 2 is 2.07 bits per heavy atom. The number of aryl methyl sites for hydroxylation is 3. The number of nitrogens with zero attached hydrogens (tertiary/aromatic N) is 2. The number of hydrogen-bond acceptors (Lipinski definition) is 4. The minimum atomic E-state index is -0.533. The number of halogens is 1. The molecule has 0 spiro atoms. The third-order valence-corrected chi connectivity index (χ3v) is 5.98. The van der Waals surface area contributed by atoms with Gasteiger partial charge in [0, 0.05) is 32.3 Å². The Kier molecular flexibility index (Phi) is 4.40. The van der Waals surface area contributed by atoms with Crippen molar-refractivity contribution in [3.05, 3.63) is 61.9 Å². The Morgan fingerprint density at radius 3 is 2.74 bits per heavy atom. The zero-order chi connectivity index (χ0) is 19.3. The van der Waals surface area contributed by atoms with Crippen LogP contribution in [0.1, 0.15) is 43.7 Å². The second kappa shape index (κ2) is 6.62. The van der Waals surface area contributed by atoms with Gasteiger partial charge >= 0.3 is 0 Å². The molecular formula is C20H18ClN3O2S. The van der Waals surface area contributed by atoms with Crippen LogP contribution in [0.2, 0.25) is 5.02 Å². The Labute approximate surface area is 166 Å². The number of carbonyl (C=O) groups excluding carboxylic acids is 2. The molecule has 0 aliphatic carbocycles. The van der Waals surface area contributed by atoms with Gasteiger partial charge in [-0.25, -0.2) is 4.68 Å². The molecule has 3 aromatic rings. The summed E-state index contributed by atoms with van der Waals surface area (Å²) in [5, 5.41) is 8.06. The number of Topliss-reactive ketones (excluding diaryl/α,β-unsaturated/α-hetero) is 1. The van der Waals surface area contributed by atoms with Crippen molar-refractivity contribution in [2.45, 2.75) is 33.1 Å². The Bertz CT molecular complexity index is 1080. The molecule has 3 heterocycles. The van der Waals surface area contributed by atoms with Gasteiger partial charge in [0.1, 0.15) is 5.82 Å². The van der Waals surface area contributed by atoms with Gasteiger partial charge in [0.15, 0.2) is 5.78 Å². The molecule has 1 unspecified atom stereocenters. The number of aromatic nitrogens is 2. The zero-order valence-electron chi connectivity index (χ0n) is 15.2. The second-order valence-electron chi connectivity index (χ2n) is 6.74. The summed E-state index contributed by atoms with van der Waals surface area (Å²) in [7, 11) is 0. The van der Waals surface area contributed by atoms with Gasteiger partial charge in [-0.1, -0.05) is 17.7 Å². The van der Waals surface area contributed by atoms with Crippen molar-refractivity contribution in [2.75, 3.05) is 5.32 Å². The fourth-order valence-electron chi connectivity index (χ4n) is 3.63. The quantitative estimate of drug-likeness (QED) is 0.642. The topological polar surface area (TPSA) is 64.0 Å². The van der Waals surface area contributed by atoms with Gasteiger partial charge in [0.05, 0.1) is 17.3 Å². The fourth-order valence-corrected chi connectivity index (χ4v) is 4.74. The molecule has 27 heavy (non-hydrogen) atoms. The summed E-state index contributed by atoms with van der Waals surface area (Å²) in [6.45, 7) is 5.79. The normalized spacial score (nSPS) is 16.1. The monoisotopic (exact) mass is 399 g/mol. The summed E-state index contributed by atoms with van der Waals surface area (Å²) < 4.78 is 1.65. The maximum atomic E-state index is 13.3. The van der Waals surface area contributed by atoms with Gasteiger partial charge < -0.3 is 5.32 Å². The van der Waals surface area contributed by atoms with Crippen LogP contribution in [0, 0.1) is 20.8 Å². The minimum Gasteiger partial charge on any atom is -0.310 e. The number of fused-ring (bicyclic) bond motifs is 1. The first-order valence-corrected chi connectivity index (χ1v) is 9.81. The molecule has 0 saturated carbocycles. The molecule has 1 aliphatic rings. The van der Waals surface area contributed by atoms with E-state index < -0.39 is 5.92 Å². The summed E-state index contributed by atoms with van der Waals surface area (Å²) in [5.74, 6) is -0.196. The van der Waals surface area contributed by atoms with Crippen LogP contribution in [-0.2, 0) is 4.79 Å². The third-order valence-electron chi connectivity index (χ3n) is 4.78. The molecule has 1 amide bonds. The number of anilines is 1. The van der Waals surface area contributed by atoms with E-state index in [2.05, 4.69) is 10.4 Å². The third kappa shape index (κ3) is 3.09. The Morgan fingerprint density at radius 1 is 1.30 bits per heavy atom. The molecule has 0 fully saturated rings. The molecule has 138 valence electrons. The van der Waals surface area contributed by atoms with Crippen molar-refractivity contribution in [1.82, 2.24) is 9.78 Å². The van der Waals surface area contributed by atoms with Crippen LogP contribution in [0.25, 0.3) is 5.69 Å². The lowest BCUT2D eigenvalue weighted by Crippen LogP contribution is -2.28. The van der Waals surface area contributed by atoms with Crippen LogP contribution in [-0.4, -0.2) is 21.5 Å². The highest BCUT2D eigenvalue weighted by atomic mass is 35.5. The van der Waals surface area contributed by atoms with E-state index in [1.54, 1.807) is 28.2 Å².